The molecule has 0 aromatic heterocycles. The van der Waals surface area contributed by atoms with Gasteiger partial charge in [-0.05, 0) is 11.1 Å². The van der Waals surface area contributed by atoms with Gasteiger partial charge < -0.3 is 16.0 Å². The highest BCUT2D eigenvalue weighted by atomic mass is 16.2. The molecule has 0 radical (unpaired) electrons. The van der Waals surface area contributed by atoms with E-state index in [-0.39, 0.29) is 24.4 Å². The van der Waals surface area contributed by atoms with E-state index in [1.165, 1.54) is 5.01 Å². The molecule has 0 spiro atoms. The van der Waals surface area contributed by atoms with Crippen LogP contribution in [0.15, 0.2) is 60.7 Å². The third-order valence-corrected chi connectivity index (χ3v) is 4.93. The summed E-state index contributed by atoms with van der Waals surface area (Å²) in [5.74, 6) is -0.541. The van der Waals surface area contributed by atoms with Gasteiger partial charge in [0.2, 0.25) is 11.8 Å². The van der Waals surface area contributed by atoms with Crippen LogP contribution in [0.1, 0.15) is 11.1 Å². The predicted octanol–water partition coefficient (Wildman–Crippen LogP) is 0.902. The summed E-state index contributed by atoms with van der Waals surface area (Å²) in [6, 6.07) is 18.1. The van der Waals surface area contributed by atoms with Crippen LogP contribution >= 0.6 is 0 Å². The molecule has 8 heteroatoms. The first-order valence-corrected chi connectivity index (χ1v) is 9.94. The lowest BCUT2D eigenvalue weighted by Crippen LogP contribution is -2.53. The molecule has 4 amide bonds. The smallest absolute Gasteiger partial charge is 0.331 e. The summed E-state index contributed by atoms with van der Waals surface area (Å²) in [6.45, 7) is 1.04. The Balaban J connectivity index is 1.59. The number of amides is 4. The Kier molecular flexibility index (Phi) is 7.40. The average Bonchev–Trinajstić information content (AvgIpc) is 2.83. The molecule has 0 aliphatic carbocycles. The predicted molar refractivity (Wildman–Crippen MR) is 113 cm³/mol. The summed E-state index contributed by atoms with van der Waals surface area (Å²) in [5, 5.41) is 11.5. The fourth-order valence-corrected chi connectivity index (χ4v) is 3.25. The van der Waals surface area contributed by atoms with E-state index in [2.05, 4.69) is 16.0 Å². The average molecular weight is 409 g/mol. The SMILES string of the molecule is CN(C(=O)NCc1ccccc1)N1CCNC(=O)[C@H](Cc2ccccc2)NC(=O)C1. The minimum Gasteiger partial charge on any atom is -0.353 e. The normalized spacial score (nSPS) is 17.7. The highest BCUT2D eigenvalue weighted by Gasteiger charge is 2.27. The molecule has 3 N–H and O–H groups in total. The molecule has 1 heterocycles. The minimum atomic E-state index is -0.655. The number of hydrogen-bond acceptors (Lipinski definition) is 4. The molecule has 30 heavy (non-hydrogen) atoms. The zero-order valence-corrected chi connectivity index (χ0v) is 17.0. The number of hydrazine groups is 1. The van der Waals surface area contributed by atoms with Crippen molar-refractivity contribution in [3.05, 3.63) is 71.8 Å². The van der Waals surface area contributed by atoms with Crippen molar-refractivity contribution in [2.24, 2.45) is 0 Å². The summed E-state index contributed by atoms with van der Waals surface area (Å²) in [4.78, 5) is 37.6. The van der Waals surface area contributed by atoms with E-state index in [9.17, 15) is 14.4 Å². The molecule has 1 atom stereocenters. The van der Waals surface area contributed by atoms with Gasteiger partial charge in [0.15, 0.2) is 0 Å². The molecule has 8 nitrogen and oxygen atoms in total. The number of hydrogen-bond donors (Lipinski definition) is 3. The van der Waals surface area contributed by atoms with Crippen molar-refractivity contribution < 1.29 is 14.4 Å². The number of urea groups is 1. The van der Waals surface area contributed by atoms with E-state index in [0.29, 0.717) is 26.1 Å². The summed E-state index contributed by atoms with van der Waals surface area (Å²) in [6.07, 6.45) is 0.409. The lowest BCUT2D eigenvalue weighted by atomic mass is 10.1. The van der Waals surface area contributed by atoms with Crippen molar-refractivity contribution in [2.45, 2.75) is 19.0 Å². The van der Waals surface area contributed by atoms with E-state index in [1.807, 2.05) is 60.7 Å². The van der Waals surface area contributed by atoms with Crippen molar-refractivity contribution in [3.63, 3.8) is 0 Å². The number of nitrogens with one attached hydrogen (secondary N) is 3. The van der Waals surface area contributed by atoms with Crippen molar-refractivity contribution in [2.75, 3.05) is 26.7 Å². The molecule has 1 aliphatic rings. The summed E-state index contributed by atoms with van der Waals surface area (Å²) < 4.78 is 0. The van der Waals surface area contributed by atoms with Gasteiger partial charge in [-0.1, -0.05) is 60.7 Å². The second-order valence-electron chi connectivity index (χ2n) is 7.16. The zero-order chi connectivity index (χ0) is 21.3. The van der Waals surface area contributed by atoms with Crippen LogP contribution in [0.25, 0.3) is 0 Å². The second kappa shape index (κ2) is 10.4. The van der Waals surface area contributed by atoms with Gasteiger partial charge in [-0.2, -0.15) is 0 Å². The van der Waals surface area contributed by atoms with Crippen molar-refractivity contribution in [1.29, 1.82) is 0 Å². The lowest BCUT2D eigenvalue weighted by Gasteiger charge is -2.31. The van der Waals surface area contributed by atoms with Gasteiger partial charge in [0.05, 0.1) is 6.54 Å². The van der Waals surface area contributed by atoms with Crippen LogP contribution < -0.4 is 16.0 Å². The van der Waals surface area contributed by atoms with Gasteiger partial charge in [-0.25, -0.2) is 9.80 Å². The van der Waals surface area contributed by atoms with Gasteiger partial charge in [0.25, 0.3) is 0 Å². The third kappa shape index (κ3) is 6.05. The highest BCUT2D eigenvalue weighted by Crippen LogP contribution is 2.06. The van der Waals surface area contributed by atoms with E-state index >= 15 is 0 Å². The Morgan fingerprint density at radius 2 is 1.70 bits per heavy atom. The molecule has 0 unspecified atom stereocenters. The molecular weight excluding hydrogens is 382 g/mol. The Bertz CT molecular complexity index is 860. The summed E-state index contributed by atoms with van der Waals surface area (Å²) >= 11 is 0. The molecular formula is C22H27N5O3. The van der Waals surface area contributed by atoms with Crippen LogP contribution in [0.3, 0.4) is 0 Å². The first kappa shape index (κ1) is 21.3. The number of rotatable bonds is 5. The van der Waals surface area contributed by atoms with Gasteiger partial charge in [0.1, 0.15) is 6.04 Å². The number of carbonyl (C=O) groups is 3. The van der Waals surface area contributed by atoms with Crippen LogP contribution in [0.4, 0.5) is 4.79 Å². The van der Waals surface area contributed by atoms with Crippen molar-refractivity contribution >= 4 is 17.8 Å². The molecule has 158 valence electrons. The molecule has 0 bridgehead atoms. The highest BCUT2D eigenvalue weighted by molar-refractivity contribution is 5.89. The molecule has 1 fully saturated rings. The van der Waals surface area contributed by atoms with E-state index in [4.69, 9.17) is 0 Å². The fourth-order valence-electron chi connectivity index (χ4n) is 3.25. The zero-order valence-electron chi connectivity index (χ0n) is 17.0. The minimum absolute atomic E-state index is 0.0183. The molecule has 1 aliphatic heterocycles. The van der Waals surface area contributed by atoms with Gasteiger partial charge in [-0.15, -0.1) is 0 Å². The van der Waals surface area contributed by atoms with E-state index < -0.39 is 6.04 Å². The topological polar surface area (TPSA) is 93.8 Å². The first-order chi connectivity index (χ1) is 14.5. The molecule has 0 saturated carbocycles. The Morgan fingerprint density at radius 3 is 2.37 bits per heavy atom. The van der Waals surface area contributed by atoms with E-state index in [1.54, 1.807) is 12.1 Å². The Labute approximate surface area is 176 Å². The number of nitrogens with zero attached hydrogens (tertiary/aromatic N) is 2. The van der Waals surface area contributed by atoms with Crippen LogP contribution in [-0.4, -0.2) is 60.6 Å². The van der Waals surface area contributed by atoms with Crippen LogP contribution in [0, 0.1) is 0 Å². The lowest BCUT2D eigenvalue weighted by molar-refractivity contribution is -0.129. The number of benzene rings is 2. The number of carbonyl (C=O) groups excluding carboxylic acids is 3. The largest absolute Gasteiger partial charge is 0.353 e. The maximum atomic E-state index is 12.6. The van der Waals surface area contributed by atoms with Gasteiger partial charge >= 0.3 is 6.03 Å². The maximum Gasteiger partial charge on any atom is 0.331 e. The molecule has 3 rings (SSSR count). The molecule has 1 saturated heterocycles. The summed E-state index contributed by atoms with van der Waals surface area (Å²) in [5.41, 5.74) is 1.95. The monoisotopic (exact) mass is 409 g/mol. The van der Waals surface area contributed by atoms with Gasteiger partial charge in [0, 0.05) is 33.1 Å². The van der Waals surface area contributed by atoms with E-state index in [0.717, 1.165) is 11.1 Å². The third-order valence-electron chi connectivity index (χ3n) is 4.93. The van der Waals surface area contributed by atoms with Crippen molar-refractivity contribution in [1.82, 2.24) is 26.0 Å². The van der Waals surface area contributed by atoms with Crippen LogP contribution in [-0.2, 0) is 22.6 Å². The molecule has 2 aromatic rings. The van der Waals surface area contributed by atoms with Gasteiger partial charge in [-0.3, -0.25) is 14.6 Å². The molecule has 2 aromatic carbocycles. The first-order valence-electron chi connectivity index (χ1n) is 9.94. The standard InChI is InChI=1S/C22H27N5O3/c1-26(22(30)24-15-18-10-6-3-7-11-18)27-13-12-23-21(29)19(25-20(28)16-27)14-17-8-4-2-5-9-17/h2-11,19H,12-16H2,1H3,(H,23,29)(H,24,30)(H,25,28)/t19-/m0/s1. The van der Waals surface area contributed by atoms with Crippen LogP contribution in [0.2, 0.25) is 0 Å². The van der Waals surface area contributed by atoms with Crippen molar-refractivity contribution in [3.8, 4) is 0 Å². The Morgan fingerprint density at radius 1 is 1.07 bits per heavy atom. The Hall–Kier alpha value is -3.39. The maximum absolute atomic E-state index is 12.6. The summed E-state index contributed by atoms with van der Waals surface area (Å²) in [7, 11) is 1.61. The fraction of sp³-hybridized carbons (Fsp3) is 0.318. The second-order valence-corrected chi connectivity index (χ2v) is 7.16. The van der Waals surface area contributed by atoms with Crippen LogP contribution in [0.5, 0.6) is 0 Å². The quantitative estimate of drug-likeness (QED) is 0.684.